The van der Waals surface area contributed by atoms with Crippen LogP contribution in [-0.4, -0.2) is 47.1 Å². The van der Waals surface area contributed by atoms with Crippen molar-refractivity contribution >= 4 is 11.6 Å². The summed E-state index contributed by atoms with van der Waals surface area (Å²) in [5.41, 5.74) is 2.76. The van der Waals surface area contributed by atoms with Crippen molar-refractivity contribution < 1.29 is 4.74 Å². The first-order valence-electron chi connectivity index (χ1n) is 8.09. The summed E-state index contributed by atoms with van der Waals surface area (Å²) in [6, 6.07) is 13.5. The summed E-state index contributed by atoms with van der Waals surface area (Å²) in [7, 11) is 4.05. The first-order chi connectivity index (χ1) is 12.2. The van der Waals surface area contributed by atoms with Crippen LogP contribution in [0.25, 0.3) is 11.3 Å². The molecule has 128 valence electrons. The van der Waals surface area contributed by atoms with Gasteiger partial charge in [-0.3, -0.25) is 4.98 Å². The molecule has 0 aliphatic rings. The number of anilines is 2. The van der Waals surface area contributed by atoms with Gasteiger partial charge in [-0.1, -0.05) is 0 Å². The van der Waals surface area contributed by atoms with Crippen molar-refractivity contribution in [1.82, 2.24) is 19.9 Å². The SMILES string of the molecule is CN(C)CCOc1ccc(Nc2nccc(-c3ccncc3)n2)cc1. The summed E-state index contributed by atoms with van der Waals surface area (Å²) in [5, 5.41) is 3.21. The minimum atomic E-state index is 0.551. The summed E-state index contributed by atoms with van der Waals surface area (Å²) in [5.74, 6) is 1.40. The number of nitrogens with one attached hydrogen (secondary N) is 1. The van der Waals surface area contributed by atoms with Crippen molar-refractivity contribution in [3.8, 4) is 17.0 Å². The summed E-state index contributed by atoms with van der Waals surface area (Å²) in [6.45, 7) is 1.55. The van der Waals surface area contributed by atoms with E-state index in [4.69, 9.17) is 4.74 Å². The molecule has 3 aromatic rings. The molecule has 1 aromatic carbocycles. The third-order valence-electron chi connectivity index (χ3n) is 3.55. The lowest BCUT2D eigenvalue weighted by Gasteiger charge is -2.11. The van der Waals surface area contributed by atoms with Gasteiger partial charge in [-0.05, 0) is 56.6 Å². The highest BCUT2D eigenvalue weighted by Crippen LogP contribution is 2.20. The maximum absolute atomic E-state index is 5.69. The van der Waals surface area contributed by atoms with Gasteiger partial charge < -0.3 is 15.0 Å². The molecule has 0 atom stereocenters. The molecular weight excluding hydrogens is 314 g/mol. The first-order valence-corrected chi connectivity index (χ1v) is 8.09. The quantitative estimate of drug-likeness (QED) is 0.715. The Balaban J connectivity index is 1.64. The van der Waals surface area contributed by atoms with Gasteiger partial charge in [0.2, 0.25) is 5.95 Å². The van der Waals surface area contributed by atoms with Crippen LogP contribution >= 0.6 is 0 Å². The van der Waals surface area contributed by atoms with E-state index in [1.165, 1.54) is 0 Å². The molecule has 0 radical (unpaired) electrons. The molecule has 2 heterocycles. The van der Waals surface area contributed by atoms with Crippen LogP contribution in [0.3, 0.4) is 0 Å². The lowest BCUT2D eigenvalue weighted by molar-refractivity contribution is 0.261. The Bertz CT molecular complexity index is 790. The molecular formula is C19H21N5O. The molecule has 0 saturated carbocycles. The van der Waals surface area contributed by atoms with E-state index >= 15 is 0 Å². The topological polar surface area (TPSA) is 63.2 Å². The average Bonchev–Trinajstić information content (AvgIpc) is 2.64. The summed E-state index contributed by atoms with van der Waals surface area (Å²) >= 11 is 0. The van der Waals surface area contributed by atoms with Crippen LogP contribution in [0.5, 0.6) is 5.75 Å². The number of likely N-dealkylation sites (N-methyl/N-ethyl adjacent to an activating group) is 1. The van der Waals surface area contributed by atoms with Gasteiger partial charge in [0.15, 0.2) is 0 Å². The monoisotopic (exact) mass is 335 g/mol. The predicted molar refractivity (Wildman–Crippen MR) is 99.0 cm³/mol. The van der Waals surface area contributed by atoms with Crippen LogP contribution in [0, 0.1) is 0 Å². The number of ether oxygens (including phenoxy) is 1. The molecule has 0 bridgehead atoms. The fourth-order valence-electron chi connectivity index (χ4n) is 2.21. The Kier molecular flexibility index (Phi) is 5.53. The van der Waals surface area contributed by atoms with Gasteiger partial charge in [-0.2, -0.15) is 0 Å². The largest absolute Gasteiger partial charge is 0.492 e. The summed E-state index contributed by atoms with van der Waals surface area (Å²) < 4.78 is 5.69. The molecule has 0 aliphatic carbocycles. The number of rotatable bonds is 7. The van der Waals surface area contributed by atoms with E-state index in [1.807, 2.05) is 56.6 Å². The van der Waals surface area contributed by atoms with E-state index in [0.717, 1.165) is 29.2 Å². The van der Waals surface area contributed by atoms with Crippen molar-refractivity contribution in [3.05, 3.63) is 61.1 Å². The molecule has 0 unspecified atom stereocenters. The van der Waals surface area contributed by atoms with Gasteiger partial charge in [0, 0.05) is 36.4 Å². The van der Waals surface area contributed by atoms with Gasteiger partial charge >= 0.3 is 0 Å². The molecule has 3 rings (SSSR count). The minimum Gasteiger partial charge on any atom is -0.492 e. The molecule has 6 heteroatoms. The highest BCUT2D eigenvalue weighted by atomic mass is 16.5. The van der Waals surface area contributed by atoms with Gasteiger partial charge in [-0.15, -0.1) is 0 Å². The van der Waals surface area contributed by atoms with Gasteiger partial charge in [0.25, 0.3) is 0 Å². The van der Waals surface area contributed by atoms with Crippen molar-refractivity contribution in [3.63, 3.8) is 0 Å². The van der Waals surface area contributed by atoms with Crippen molar-refractivity contribution in [2.24, 2.45) is 0 Å². The molecule has 6 nitrogen and oxygen atoms in total. The number of pyridine rings is 1. The lowest BCUT2D eigenvalue weighted by atomic mass is 10.2. The highest BCUT2D eigenvalue weighted by Gasteiger charge is 2.03. The number of hydrogen-bond acceptors (Lipinski definition) is 6. The molecule has 0 amide bonds. The summed E-state index contributed by atoms with van der Waals surface area (Å²) in [6.07, 6.45) is 5.24. The first kappa shape index (κ1) is 16.9. The van der Waals surface area contributed by atoms with Gasteiger partial charge in [0.1, 0.15) is 12.4 Å². The van der Waals surface area contributed by atoms with Crippen LogP contribution in [0.15, 0.2) is 61.1 Å². The van der Waals surface area contributed by atoms with Crippen LogP contribution in [-0.2, 0) is 0 Å². The van der Waals surface area contributed by atoms with E-state index in [1.54, 1.807) is 18.6 Å². The van der Waals surface area contributed by atoms with Crippen molar-refractivity contribution in [2.45, 2.75) is 0 Å². The second kappa shape index (κ2) is 8.21. The maximum Gasteiger partial charge on any atom is 0.227 e. The zero-order chi connectivity index (χ0) is 17.5. The van der Waals surface area contributed by atoms with Crippen LogP contribution in [0.4, 0.5) is 11.6 Å². The zero-order valence-electron chi connectivity index (χ0n) is 14.4. The van der Waals surface area contributed by atoms with E-state index in [-0.39, 0.29) is 0 Å². The Morgan fingerprint density at radius 1 is 0.960 bits per heavy atom. The van der Waals surface area contributed by atoms with E-state index in [0.29, 0.717) is 12.6 Å². The van der Waals surface area contributed by atoms with Crippen molar-refractivity contribution in [2.75, 3.05) is 32.6 Å². The number of benzene rings is 1. The Morgan fingerprint density at radius 3 is 2.44 bits per heavy atom. The minimum absolute atomic E-state index is 0.551. The van der Waals surface area contributed by atoms with Crippen molar-refractivity contribution in [1.29, 1.82) is 0 Å². The second-order valence-electron chi connectivity index (χ2n) is 5.80. The molecule has 0 saturated heterocycles. The molecule has 0 spiro atoms. The van der Waals surface area contributed by atoms with E-state index in [2.05, 4.69) is 25.2 Å². The lowest BCUT2D eigenvalue weighted by Crippen LogP contribution is -2.19. The van der Waals surface area contributed by atoms with E-state index in [9.17, 15) is 0 Å². The number of nitrogens with zero attached hydrogens (tertiary/aromatic N) is 4. The van der Waals surface area contributed by atoms with Gasteiger partial charge in [-0.25, -0.2) is 9.97 Å². The van der Waals surface area contributed by atoms with Gasteiger partial charge in [0.05, 0.1) is 5.69 Å². The van der Waals surface area contributed by atoms with Crippen LogP contribution in [0.1, 0.15) is 0 Å². The third kappa shape index (κ3) is 4.99. The molecule has 0 fully saturated rings. The predicted octanol–water partition coefficient (Wildman–Crippen LogP) is 3.22. The Morgan fingerprint density at radius 2 is 1.72 bits per heavy atom. The second-order valence-corrected chi connectivity index (χ2v) is 5.80. The summed E-state index contributed by atoms with van der Waals surface area (Å²) in [4.78, 5) is 14.9. The smallest absolute Gasteiger partial charge is 0.227 e. The molecule has 25 heavy (non-hydrogen) atoms. The maximum atomic E-state index is 5.69. The number of aromatic nitrogens is 3. The average molecular weight is 335 g/mol. The van der Waals surface area contributed by atoms with Crippen LogP contribution in [0.2, 0.25) is 0 Å². The molecule has 1 N–H and O–H groups in total. The highest BCUT2D eigenvalue weighted by molar-refractivity contribution is 5.61. The Labute approximate surface area is 147 Å². The third-order valence-corrected chi connectivity index (χ3v) is 3.55. The van der Waals surface area contributed by atoms with E-state index < -0.39 is 0 Å². The standard InChI is InChI=1S/C19H21N5O/c1-24(2)13-14-25-17-5-3-16(4-6-17)22-19-21-12-9-18(23-19)15-7-10-20-11-8-15/h3-12H,13-14H2,1-2H3,(H,21,22,23). The van der Waals surface area contributed by atoms with Crippen LogP contribution < -0.4 is 10.1 Å². The normalized spacial score (nSPS) is 10.7. The fourth-order valence-corrected chi connectivity index (χ4v) is 2.21. The molecule has 2 aromatic heterocycles. The zero-order valence-corrected chi connectivity index (χ0v) is 14.4. The fraction of sp³-hybridized carbons (Fsp3) is 0.211. The number of hydrogen-bond donors (Lipinski definition) is 1. The Hall–Kier alpha value is -2.99. The molecule has 0 aliphatic heterocycles.